The molecule has 1 aliphatic rings. The van der Waals surface area contributed by atoms with Crippen LogP contribution in [0.4, 0.5) is 11.4 Å². The molecule has 2 rings (SSSR count). The van der Waals surface area contributed by atoms with E-state index in [9.17, 15) is 4.79 Å². The van der Waals surface area contributed by atoms with E-state index in [2.05, 4.69) is 0 Å². The molecule has 1 amide bonds. The average molecular weight is 189 g/mol. The van der Waals surface area contributed by atoms with Gasteiger partial charge in [-0.1, -0.05) is 0 Å². The molecule has 5 nitrogen and oxygen atoms in total. The van der Waals surface area contributed by atoms with Gasteiger partial charge in [0, 0.05) is 5.69 Å². The lowest BCUT2D eigenvalue weighted by Gasteiger charge is -2.23. The van der Waals surface area contributed by atoms with Crippen LogP contribution in [0.3, 0.4) is 0 Å². The van der Waals surface area contributed by atoms with Crippen LogP contribution in [-0.2, 0) is 4.79 Å². The van der Waals surface area contributed by atoms with Gasteiger partial charge in [0.05, 0.1) is 0 Å². The average Bonchev–Trinajstić information content (AvgIpc) is 2.17. The van der Waals surface area contributed by atoms with Crippen molar-refractivity contribution in [2.75, 3.05) is 17.2 Å². The third-order valence-corrected chi connectivity index (χ3v) is 1.92. The third kappa shape index (κ3) is 1.13. The van der Waals surface area contributed by atoms with Gasteiger partial charge in [0.1, 0.15) is 11.4 Å². The van der Waals surface area contributed by atoms with Gasteiger partial charge in [-0.15, -0.1) is 0 Å². The second-order valence-corrected chi connectivity index (χ2v) is 2.84. The molecular weight excluding hydrogens is 182 g/mol. The molecule has 0 fully saturated rings. The molecule has 1 heterocycles. The van der Waals surface area contributed by atoms with Crippen LogP contribution in [0.2, 0.25) is 0 Å². The highest BCUT2D eigenvalue weighted by atomic mass is 16.5. The molecule has 5 heteroatoms. The number of amides is 1. The Kier molecular flexibility index (Phi) is 1.75. The first-order valence-electron chi connectivity index (χ1n) is 3.97. The van der Waals surface area contributed by atoms with Crippen LogP contribution in [0, 0.1) is 11.5 Å². The van der Waals surface area contributed by atoms with Crippen LogP contribution in [-0.4, -0.2) is 12.5 Å². The van der Waals surface area contributed by atoms with Gasteiger partial charge >= 0.3 is 0 Å². The summed E-state index contributed by atoms with van der Waals surface area (Å²) in [4.78, 5) is 12.2. The van der Waals surface area contributed by atoms with Crippen LogP contribution in [0.1, 0.15) is 0 Å². The summed E-state index contributed by atoms with van der Waals surface area (Å²) < 4.78 is 5.12. The van der Waals surface area contributed by atoms with Crippen molar-refractivity contribution in [3.63, 3.8) is 0 Å². The highest BCUT2D eigenvalue weighted by Crippen LogP contribution is 2.33. The van der Waals surface area contributed by atoms with Gasteiger partial charge in [0.15, 0.2) is 12.8 Å². The summed E-state index contributed by atoms with van der Waals surface area (Å²) in [6.45, 7) is -0.107. The number of fused-ring (bicyclic) bond motifs is 1. The summed E-state index contributed by atoms with van der Waals surface area (Å²) in [5, 5.41) is 8.76. The Balaban J connectivity index is 2.55. The van der Waals surface area contributed by atoms with Crippen molar-refractivity contribution < 1.29 is 9.53 Å². The molecule has 1 aliphatic heterocycles. The number of anilines is 2. The fraction of sp³-hybridized carbons (Fsp3) is 0.111. The Bertz CT molecular complexity index is 436. The summed E-state index contributed by atoms with van der Waals surface area (Å²) >= 11 is 0. The number of hydrogen-bond acceptors (Lipinski definition) is 4. The molecule has 0 saturated carbocycles. The van der Waals surface area contributed by atoms with E-state index in [1.165, 1.54) is 6.07 Å². The first-order valence-corrected chi connectivity index (χ1v) is 3.97. The lowest BCUT2D eigenvalue weighted by atomic mass is 10.2. The summed E-state index contributed by atoms with van der Waals surface area (Å²) in [5.41, 5.74) is 6.44. The third-order valence-electron chi connectivity index (χ3n) is 1.92. The number of hydrogen-bond donors (Lipinski definition) is 1. The number of nitrogens with zero attached hydrogens (tertiary/aromatic N) is 2. The number of benzene rings is 1. The van der Waals surface area contributed by atoms with Gasteiger partial charge in [0.2, 0.25) is 0 Å². The standard InChI is InChI=1S/C9H7N3O2/c10-5-12-7-3-6(11)1-2-8(7)14-4-9(12)13/h1-3H,4,11H2. The summed E-state index contributed by atoms with van der Waals surface area (Å²) in [7, 11) is 0. The van der Waals surface area contributed by atoms with Crippen LogP contribution in [0.15, 0.2) is 18.2 Å². The molecule has 14 heavy (non-hydrogen) atoms. The monoisotopic (exact) mass is 189 g/mol. The maximum Gasteiger partial charge on any atom is 0.278 e. The molecule has 0 unspecified atom stereocenters. The minimum Gasteiger partial charge on any atom is -0.481 e. The zero-order chi connectivity index (χ0) is 10.1. The van der Waals surface area contributed by atoms with Crippen molar-refractivity contribution in [3.05, 3.63) is 18.2 Å². The minimum atomic E-state index is -0.384. The Morgan fingerprint density at radius 2 is 2.36 bits per heavy atom. The lowest BCUT2D eigenvalue weighted by molar-refractivity contribution is -0.120. The number of rotatable bonds is 0. The van der Waals surface area contributed by atoms with E-state index in [4.69, 9.17) is 15.7 Å². The quantitative estimate of drug-likeness (QED) is 0.475. The molecular formula is C9H7N3O2. The maximum absolute atomic E-state index is 11.2. The first kappa shape index (κ1) is 8.38. The molecule has 70 valence electrons. The van der Waals surface area contributed by atoms with E-state index in [1.807, 2.05) is 0 Å². The topological polar surface area (TPSA) is 79.3 Å². The van der Waals surface area contributed by atoms with Crippen LogP contribution in [0.25, 0.3) is 0 Å². The Morgan fingerprint density at radius 1 is 1.57 bits per heavy atom. The second kappa shape index (κ2) is 2.92. The van der Waals surface area contributed by atoms with Crippen molar-refractivity contribution >= 4 is 17.3 Å². The highest BCUT2D eigenvalue weighted by Gasteiger charge is 2.25. The van der Waals surface area contributed by atoms with Gasteiger partial charge in [0.25, 0.3) is 5.91 Å². The molecule has 1 aromatic rings. The van der Waals surface area contributed by atoms with Crippen molar-refractivity contribution in [3.8, 4) is 11.9 Å². The fourth-order valence-corrected chi connectivity index (χ4v) is 1.28. The van der Waals surface area contributed by atoms with E-state index < -0.39 is 0 Å². The minimum absolute atomic E-state index is 0.107. The van der Waals surface area contributed by atoms with Gasteiger partial charge in [-0.05, 0) is 18.2 Å². The number of ether oxygens (including phenoxy) is 1. The van der Waals surface area contributed by atoms with Crippen LogP contribution < -0.4 is 15.4 Å². The molecule has 0 aromatic heterocycles. The van der Waals surface area contributed by atoms with Crippen molar-refractivity contribution in [2.45, 2.75) is 0 Å². The lowest BCUT2D eigenvalue weighted by Crippen LogP contribution is -2.35. The predicted octanol–water partition coefficient (Wildman–Crippen LogP) is 0.475. The molecule has 0 radical (unpaired) electrons. The summed E-state index contributed by atoms with van der Waals surface area (Å²) in [5.74, 6) is 0.117. The Morgan fingerprint density at radius 3 is 3.07 bits per heavy atom. The second-order valence-electron chi connectivity index (χ2n) is 2.84. The van der Waals surface area contributed by atoms with Gasteiger partial charge in [-0.3, -0.25) is 4.79 Å². The largest absolute Gasteiger partial charge is 0.481 e. The molecule has 0 bridgehead atoms. The normalized spacial score (nSPS) is 14.2. The van der Waals surface area contributed by atoms with E-state index in [0.29, 0.717) is 17.1 Å². The number of nitriles is 1. The smallest absolute Gasteiger partial charge is 0.278 e. The molecule has 0 atom stereocenters. The zero-order valence-electron chi connectivity index (χ0n) is 7.23. The number of nitrogen functional groups attached to an aromatic ring is 1. The van der Waals surface area contributed by atoms with E-state index >= 15 is 0 Å². The van der Waals surface area contributed by atoms with Gasteiger partial charge in [-0.2, -0.15) is 5.26 Å². The summed E-state index contributed by atoms with van der Waals surface area (Å²) in [6.07, 6.45) is 1.79. The number of carbonyl (C=O) groups excluding carboxylic acids is 1. The molecule has 1 aromatic carbocycles. The molecule has 2 N–H and O–H groups in total. The van der Waals surface area contributed by atoms with Crippen molar-refractivity contribution in [2.24, 2.45) is 0 Å². The van der Waals surface area contributed by atoms with Crippen molar-refractivity contribution in [1.29, 1.82) is 5.26 Å². The predicted molar refractivity (Wildman–Crippen MR) is 49.4 cm³/mol. The van der Waals surface area contributed by atoms with Gasteiger partial charge < -0.3 is 10.5 Å². The van der Waals surface area contributed by atoms with Crippen LogP contribution in [0.5, 0.6) is 5.75 Å². The number of nitrogens with two attached hydrogens (primary N) is 1. The number of carbonyl (C=O) groups is 1. The van der Waals surface area contributed by atoms with Crippen molar-refractivity contribution in [1.82, 2.24) is 0 Å². The zero-order valence-corrected chi connectivity index (χ0v) is 7.23. The van der Waals surface area contributed by atoms with E-state index in [0.717, 1.165) is 4.90 Å². The molecule has 0 saturated heterocycles. The first-order chi connectivity index (χ1) is 6.72. The van der Waals surface area contributed by atoms with E-state index in [-0.39, 0.29) is 12.5 Å². The molecule has 0 aliphatic carbocycles. The van der Waals surface area contributed by atoms with Crippen LogP contribution >= 0.6 is 0 Å². The SMILES string of the molecule is N#CN1C(=O)COc2ccc(N)cc21. The summed E-state index contributed by atoms with van der Waals surface area (Å²) in [6, 6.07) is 4.83. The molecule has 0 spiro atoms. The van der Waals surface area contributed by atoms with E-state index in [1.54, 1.807) is 18.3 Å². The fourth-order valence-electron chi connectivity index (χ4n) is 1.28. The Labute approximate surface area is 80.3 Å². The highest BCUT2D eigenvalue weighted by molar-refractivity contribution is 6.00. The van der Waals surface area contributed by atoms with Gasteiger partial charge in [-0.25, -0.2) is 4.90 Å². The Hall–Kier alpha value is -2.22. The maximum atomic E-state index is 11.2.